The van der Waals surface area contributed by atoms with Crippen molar-refractivity contribution in [3.05, 3.63) is 53.0 Å². The molecule has 0 spiro atoms. The third-order valence-electron chi connectivity index (χ3n) is 4.82. The topological polar surface area (TPSA) is 42.4 Å². The first-order valence-electron chi connectivity index (χ1n) is 9.07. The highest BCUT2D eigenvalue weighted by atomic mass is 32.1. The summed E-state index contributed by atoms with van der Waals surface area (Å²) in [4.78, 5) is 19.4. The summed E-state index contributed by atoms with van der Waals surface area (Å²) in [7, 11) is 1.67. The highest BCUT2D eigenvalue weighted by Gasteiger charge is 2.25. The predicted octanol–water partition coefficient (Wildman–Crippen LogP) is 4.61. The number of aryl methyl sites for hydroxylation is 2. The Balaban J connectivity index is 1.43. The van der Waals surface area contributed by atoms with Crippen molar-refractivity contribution in [3.63, 3.8) is 0 Å². The van der Waals surface area contributed by atoms with Gasteiger partial charge in [-0.3, -0.25) is 4.79 Å². The molecule has 0 aliphatic carbocycles. The molecule has 5 heteroatoms. The molecule has 26 heavy (non-hydrogen) atoms. The lowest BCUT2D eigenvalue weighted by atomic mass is 10.0. The molecule has 1 aromatic heterocycles. The number of carbonyl (C=O) groups is 1. The van der Waals surface area contributed by atoms with Gasteiger partial charge in [0.15, 0.2) is 0 Å². The second-order valence-corrected chi connectivity index (χ2v) is 7.66. The van der Waals surface area contributed by atoms with E-state index >= 15 is 0 Å². The quantitative estimate of drug-likeness (QED) is 0.662. The van der Waals surface area contributed by atoms with Crippen molar-refractivity contribution in [1.82, 2.24) is 4.98 Å². The lowest BCUT2D eigenvalue weighted by Crippen LogP contribution is -2.35. The van der Waals surface area contributed by atoms with Crippen molar-refractivity contribution < 1.29 is 9.53 Å². The highest BCUT2D eigenvalue weighted by Crippen LogP contribution is 2.36. The Hall–Kier alpha value is -2.40. The summed E-state index contributed by atoms with van der Waals surface area (Å²) in [5.74, 6) is 0.971. The minimum absolute atomic E-state index is 0.177. The van der Waals surface area contributed by atoms with Crippen LogP contribution >= 0.6 is 11.3 Å². The Morgan fingerprint density at radius 1 is 1.23 bits per heavy atom. The van der Waals surface area contributed by atoms with E-state index in [1.165, 1.54) is 10.3 Å². The molecular formula is C21H22N2O2S. The van der Waals surface area contributed by atoms with Gasteiger partial charge in [-0.1, -0.05) is 24.3 Å². The summed E-state index contributed by atoms with van der Waals surface area (Å²) < 4.78 is 6.71. The number of benzene rings is 2. The number of para-hydroxylation sites is 2. The van der Waals surface area contributed by atoms with Gasteiger partial charge in [-0.05, 0) is 49.4 Å². The number of methoxy groups -OCH3 is 1. The van der Waals surface area contributed by atoms with Crippen LogP contribution in [0.2, 0.25) is 0 Å². The van der Waals surface area contributed by atoms with Gasteiger partial charge in [0, 0.05) is 13.0 Å². The molecule has 1 aliphatic heterocycles. The summed E-state index contributed by atoms with van der Waals surface area (Å²) in [6, 6.07) is 14.2. The fraction of sp³-hybridized carbons (Fsp3) is 0.333. The first-order valence-corrected chi connectivity index (χ1v) is 9.88. The predicted molar refractivity (Wildman–Crippen MR) is 106 cm³/mol. The average Bonchev–Trinajstić information content (AvgIpc) is 3.09. The molecule has 4 nitrogen and oxygen atoms in total. The minimum atomic E-state index is 0.177. The second kappa shape index (κ2) is 7.46. The molecule has 4 rings (SSSR count). The molecule has 3 aromatic rings. The van der Waals surface area contributed by atoms with Crippen LogP contribution in [0.4, 0.5) is 5.69 Å². The van der Waals surface area contributed by atoms with E-state index in [0.29, 0.717) is 6.42 Å². The molecule has 0 bridgehead atoms. The zero-order valence-electron chi connectivity index (χ0n) is 14.9. The lowest BCUT2D eigenvalue weighted by molar-refractivity contribution is -0.118. The number of rotatable bonds is 5. The van der Waals surface area contributed by atoms with Gasteiger partial charge in [-0.2, -0.15) is 0 Å². The van der Waals surface area contributed by atoms with Crippen LogP contribution in [0.25, 0.3) is 10.2 Å². The van der Waals surface area contributed by atoms with Crippen LogP contribution in [0.15, 0.2) is 42.5 Å². The van der Waals surface area contributed by atoms with Crippen molar-refractivity contribution in [3.8, 4) is 5.75 Å². The van der Waals surface area contributed by atoms with E-state index < -0.39 is 0 Å². The molecule has 1 amide bonds. The molecule has 0 N–H and O–H groups in total. The number of hydrogen-bond donors (Lipinski definition) is 0. The smallest absolute Gasteiger partial charge is 0.227 e. The molecular weight excluding hydrogens is 344 g/mol. The highest BCUT2D eigenvalue weighted by molar-refractivity contribution is 7.18. The number of amides is 1. The Kier molecular flexibility index (Phi) is 4.89. The van der Waals surface area contributed by atoms with Gasteiger partial charge in [0.2, 0.25) is 5.91 Å². The van der Waals surface area contributed by atoms with Gasteiger partial charge < -0.3 is 9.64 Å². The Morgan fingerprint density at radius 3 is 2.96 bits per heavy atom. The monoisotopic (exact) mass is 366 g/mol. The van der Waals surface area contributed by atoms with Crippen molar-refractivity contribution in [2.24, 2.45) is 0 Å². The van der Waals surface area contributed by atoms with Crippen molar-refractivity contribution in [1.29, 1.82) is 0 Å². The molecule has 0 radical (unpaired) electrons. The van der Waals surface area contributed by atoms with Gasteiger partial charge in [0.25, 0.3) is 0 Å². The second-order valence-electron chi connectivity index (χ2n) is 6.55. The minimum Gasteiger partial charge on any atom is -0.495 e. The summed E-state index contributed by atoms with van der Waals surface area (Å²) in [5.41, 5.74) is 3.22. The van der Waals surface area contributed by atoms with Crippen LogP contribution in [0.5, 0.6) is 5.75 Å². The van der Waals surface area contributed by atoms with Crippen molar-refractivity contribution in [2.45, 2.75) is 32.1 Å². The number of fused-ring (bicyclic) bond motifs is 2. The third-order valence-corrected chi connectivity index (χ3v) is 5.92. The van der Waals surface area contributed by atoms with Crippen LogP contribution < -0.4 is 9.64 Å². The van der Waals surface area contributed by atoms with E-state index in [9.17, 15) is 4.79 Å². The van der Waals surface area contributed by atoms with Crippen LogP contribution in [-0.4, -0.2) is 24.5 Å². The lowest BCUT2D eigenvalue weighted by Gasteiger charge is -2.31. The molecule has 1 aliphatic rings. The number of aromatic nitrogens is 1. The maximum atomic E-state index is 12.8. The van der Waals surface area contributed by atoms with Gasteiger partial charge in [0.05, 0.1) is 28.0 Å². The molecule has 0 atom stereocenters. The Morgan fingerprint density at radius 2 is 2.12 bits per heavy atom. The average molecular weight is 366 g/mol. The van der Waals surface area contributed by atoms with Gasteiger partial charge >= 0.3 is 0 Å². The first-order chi connectivity index (χ1) is 12.8. The SMILES string of the molecule is COc1cccc2c1N(C(=O)CCCc1nc3ccccc3s1)CCC2. The number of nitrogens with zero attached hydrogens (tertiary/aromatic N) is 2. The molecule has 2 aromatic carbocycles. The Labute approximate surface area is 157 Å². The molecule has 0 saturated heterocycles. The van der Waals surface area contributed by atoms with E-state index in [4.69, 9.17) is 4.74 Å². The summed E-state index contributed by atoms with van der Waals surface area (Å²) >= 11 is 1.72. The van der Waals surface area contributed by atoms with Gasteiger partial charge in [0.1, 0.15) is 5.75 Å². The van der Waals surface area contributed by atoms with Crippen LogP contribution in [0.1, 0.15) is 29.8 Å². The zero-order chi connectivity index (χ0) is 17.9. The summed E-state index contributed by atoms with van der Waals surface area (Å²) in [6.07, 6.45) is 4.20. The number of thiazole rings is 1. The van der Waals surface area contributed by atoms with Crippen molar-refractivity contribution >= 4 is 33.1 Å². The third kappa shape index (κ3) is 3.31. The number of carbonyl (C=O) groups excluding carboxylic acids is 1. The number of anilines is 1. The van der Waals surface area contributed by atoms with Crippen LogP contribution in [-0.2, 0) is 17.6 Å². The normalized spacial score (nSPS) is 13.7. The fourth-order valence-electron chi connectivity index (χ4n) is 3.58. The molecule has 0 unspecified atom stereocenters. The Bertz CT molecular complexity index is 887. The van der Waals surface area contributed by atoms with Gasteiger partial charge in [-0.25, -0.2) is 4.98 Å². The fourth-order valence-corrected chi connectivity index (χ4v) is 4.59. The number of hydrogen-bond acceptors (Lipinski definition) is 4. The standard InChI is InChI=1S/C21H22N2O2S/c1-25-17-10-4-7-15-8-6-14-23(21(15)17)20(24)13-5-12-19-22-16-9-2-3-11-18(16)26-19/h2-4,7,9-11H,5-6,8,12-14H2,1H3. The van der Waals surface area contributed by atoms with E-state index in [1.807, 2.05) is 35.2 Å². The largest absolute Gasteiger partial charge is 0.495 e. The first kappa shape index (κ1) is 17.0. The summed E-state index contributed by atoms with van der Waals surface area (Å²) in [6.45, 7) is 0.771. The summed E-state index contributed by atoms with van der Waals surface area (Å²) in [5, 5.41) is 1.11. The molecule has 2 heterocycles. The van der Waals surface area contributed by atoms with E-state index in [0.717, 1.165) is 54.2 Å². The molecule has 0 fully saturated rings. The number of ether oxygens (including phenoxy) is 1. The van der Waals surface area contributed by atoms with E-state index in [1.54, 1.807) is 18.4 Å². The van der Waals surface area contributed by atoms with Crippen LogP contribution in [0, 0.1) is 0 Å². The van der Waals surface area contributed by atoms with Crippen LogP contribution in [0.3, 0.4) is 0 Å². The molecule has 134 valence electrons. The van der Waals surface area contributed by atoms with Gasteiger partial charge in [-0.15, -0.1) is 11.3 Å². The van der Waals surface area contributed by atoms with E-state index in [-0.39, 0.29) is 5.91 Å². The van der Waals surface area contributed by atoms with E-state index in [2.05, 4.69) is 17.1 Å². The van der Waals surface area contributed by atoms with Crippen molar-refractivity contribution in [2.75, 3.05) is 18.6 Å². The molecule has 0 saturated carbocycles. The zero-order valence-corrected chi connectivity index (χ0v) is 15.7. The maximum Gasteiger partial charge on any atom is 0.227 e. The maximum absolute atomic E-state index is 12.8.